The van der Waals surface area contributed by atoms with Crippen molar-refractivity contribution in [1.82, 2.24) is 20.2 Å². The summed E-state index contributed by atoms with van der Waals surface area (Å²) in [6, 6.07) is 0. The Morgan fingerprint density at radius 1 is 1.56 bits per heavy atom. The normalized spacial score (nSPS) is 15.5. The van der Waals surface area contributed by atoms with Crippen LogP contribution in [0.15, 0.2) is 0 Å². The van der Waals surface area contributed by atoms with Crippen molar-refractivity contribution in [2.45, 2.75) is 26.3 Å². The molecule has 0 fully saturated rings. The molecule has 1 aromatic heterocycles. The zero-order valence-corrected chi connectivity index (χ0v) is 11.3. The summed E-state index contributed by atoms with van der Waals surface area (Å²) in [6.45, 7) is 5.10. The minimum Gasteiger partial charge on any atom is -0.299 e. The van der Waals surface area contributed by atoms with Gasteiger partial charge in [0.1, 0.15) is 5.69 Å². The zero-order chi connectivity index (χ0) is 13.1. The molecule has 0 saturated heterocycles. The first-order valence-electron chi connectivity index (χ1n) is 6.41. The van der Waals surface area contributed by atoms with Crippen molar-refractivity contribution in [2.75, 3.05) is 32.3 Å². The Hall–Kier alpha value is -1.40. The predicted molar refractivity (Wildman–Crippen MR) is 70.1 cm³/mol. The maximum atomic E-state index is 11.3. The van der Waals surface area contributed by atoms with Crippen molar-refractivity contribution in [1.29, 1.82) is 0 Å². The van der Waals surface area contributed by atoms with Crippen LogP contribution in [-0.4, -0.2) is 48.3 Å². The third-order valence-electron chi connectivity index (χ3n) is 3.39. The van der Waals surface area contributed by atoms with Gasteiger partial charge in [0.2, 0.25) is 0 Å². The van der Waals surface area contributed by atoms with Gasteiger partial charge in [0.25, 0.3) is 0 Å². The summed E-state index contributed by atoms with van der Waals surface area (Å²) < 4.78 is 0. The van der Waals surface area contributed by atoms with E-state index in [0.717, 1.165) is 50.0 Å². The Balaban J connectivity index is 2.31. The van der Waals surface area contributed by atoms with Crippen LogP contribution in [-0.2, 0) is 13.0 Å². The van der Waals surface area contributed by atoms with E-state index in [2.05, 4.69) is 22.3 Å². The van der Waals surface area contributed by atoms with Gasteiger partial charge < -0.3 is 0 Å². The van der Waals surface area contributed by atoms with E-state index in [1.54, 1.807) is 17.0 Å². The van der Waals surface area contributed by atoms with Crippen molar-refractivity contribution in [3.8, 4) is 0 Å². The molecule has 2 rings (SSSR count). The molecule has 18 heavy (non-hydrogen) atoms. The summed E-state index contributed by atoms with van der Waals surface area (Å²) in [7, 11) is 3.65. The van der Waals surface area contributed by atoms with Gasteiger partial charge in [-0.05, 0) is 13.0 Å². The van der Waals surface area contributed by atoms with Crippen LogP contribution in [0.1, 0.15) is 35.1 Å². The fourth-order valence-corrected chi connectivity index (χ4v) is 2.39. The van der Waals surface area contributed by atoms with Gasteiger partial charge in [0.05, 0.1) is 5.69 Å². The summed E-state index contributed by atoms with van der Waals surface area (Å²) in [6.07, 6.45) is 2.95. The van der Waals surface area contributed by atoms with Crippen molar-refractivity contribution in [3.05, 3.63) is 17.0 Å². The summed E-state index contributed by atoms with van der Waals surface area (Å²) in [4.78, 5) is 15.3. The molecule has 0 amide bonds. The highest BCUT2D eigenvalue weighted by Gasteiger charge is 2.25. The van der Waals surface area contributed by atoms with Gasteiger partial charge in [-0.25, -0.2) is 10.5 Å². The molecule has 100 valence electrons. The van der Waals surface area contributed by atoms with Crippen LogP contribution in [0, 0.1) is 0 Å². The molecular weight excluding hydrogens is 230 g/mol. The van der Waals surface area contributed by atoms with Gasteiger partial charge in [0, 0.05) is 39.2 Å². The molecular formula is C12H21N5O. The zero-order valence-electron chi connectivity index (χ0n) is 11.3. The van der Waals surface area contributed by atoms with Crippen molar-refractivity contribution >= 4 is 6.29 Å². The lowest BCUT2D eigenvalue weighted by molar-refractivity contribution is 0.111. The van der Waals surface area contributed by atoms with Gasteiger partial charge in [-0.1, -0.05) is 6.92 Å². The lowest BCUT2D eigenvalue weighted by atomic mass is 10.1. The SMILES string of the molecule is CCCN1CCc2nn(N(C)NC)c(C=O)c2C1. The molecule has 0 aliphatic carbocycles. The van der Waals surface area contributed by atoms with E-state index in [0.29, 0.717) is 5.69 Å². The Morgan fingerprint density at radius 2 is 2.33 bits per heavy atom. The minimum absolute atomic E-state index is 0.655. The number of carbonyl (C=O) groups excluding carboxylic acids is 1. The van der Waals surface area contributed by atoms with E-state index < -0.39 is 0 Å². The highest BCUT2D eigenvalue weighted by atomic mass is 16.1. The number of rotatable bonds is 5. The van der Waals surface area contributed by atoms with E-state index in [-0.39, 0.29) is 0 Å². The fraction of sp³-hybridized carbons (Fsp3) is 0.667. The first-order valence-corrected chi connectivity index (χ1v) is 6.41. The maximum absolute atomic E-state index is 11.3. The van der Waals surface area contributed by atoms with Crippen molar-refractivity contribution < 1.29 is 4.79 Å². The third-order valence-corrected chi connectivity index (χ3v) is 3.39. The van der Waals surface area contributed by atoms with Crippen LogP contribution in [0.4, 0.5) is 0 Å². The largest absolute Gasteiger partial charge is 0.299 e. The van der Waals surface area contributed by atoms with E-state index in [9.17, 15) is 4.79 Å². The minimum atomic E-state index is 0.655. The number of hydrogen-bond donors (Lipinski definition) is 1. The summed E-state index contributed by atoms with van der Waals surface area (Å²) in [5.41, 5.74) is 5.74. The average molecular weight is 251 g/mol. The van der Waals surface area contributed by atoms with Gasteiger partial charge in [0.15, 0.2) is 6.29 Å². The van der Waals surface area contributed by atoms with E-state index in [1.807, 2.05) is 7.05 Å². The van der Waals surface area contributed by atoms with Crippen LogP contribution >= 0.6 is 0 Å². The first kappa shape index (κ1) is 13.0. The quantitative estimate of drug-likeness (QED) is 0.597. The van der Waals surface area contributed by atoms with Gasteiger partial charge in [-0.2, -0.15) is 9.89 Å². The summed E-state index contributed by atoms with van der Waals surface area (Å²) >= 11 is 0. The first-order chi connectivity index (χ1) is 8.71. The van der Waals surface area contributed by atoms with Crippen LogP contribution in [0.5, 0.6) is 0 Å². The molecule has 1 N–H and O–H groups in total. The molecule has 6 heteroatoms. The van der Waals surface area contributed by atoms with Gasteiger partial charge in [-0.15, -0.1) is 0 Å². The summed E-state index contributed by atoms with van der Waals surface area (Å²) in [5, 5.41) is 6.22. The second-order valence-corrected chi connectivity index (χ2v) is 4.59. The number of carbonyl (C=O) groups is 1. The standard InChI is InChI=1S/C12H21N5O/c1-4-6-16-7-5-11-10(8-16)12(9-18)17(14-11)15(3)13-2/h9,13H,4-8H2,1-3H3. The number of nitrogens with zero attached hydrogens (tertiary/aromatic N) is 4. The molecule has 0 spiro atoms. The number of aromatic nitrogens is 2. The maximum Gasteiger partial charge on any atom is 0.170 e. The predicted octanol–water partition coefficient (Wildman–Crippen LogP) is 0.166. The number of fused-ring (bicyclic) bond motifs is 1. The lowest BCUT2D eigenvalue weighted by Crippen LogP contribution is -2.42. The Morgan fingerprint density at radius 3 is 2.94 bits per heavy atom. The highest BCUT2D eigenvalue weighted by Crippen LogP contribution is 2.21. The Labute approximate surface area is 107 Å². The van der Waals surface area contributed by atoms with Crippen LogP contribution in [0.3, 0.4) is 0 Å². The monoisotopic (exact) mass is 251 g/mol. The molecule has 0 atom stereocenters. The lowest BCUT2D eigenvalue weighted by Gasteiger charge is -2.25. The molecule has 1 aliphatic heterocycles. The fourth-order valence-electron chi connectivity index (χ4n) is 2.39. The molecule has 0 saturated carbocycles. The number of hydrazine groups is 1. The van der Waals surface area contributed by atoms with Crippen LogP contribution in [0.25, 0.3) is 0 Å². The topological polar surface area (TPSA) is 53.4 Å². The molecule has 1 aliphatic rings. The second kappa shape index (κ2) is 5.49. The van der Waals surface area contributed by atoms with Crippen molar-refractivity contribution in [3.63, 3.8) is 0 Å². The molecule has 2 heterocycles. The molecule has 0 radical (unpaired) electrons. The Bertz CT molecular complexity index is 428. The number of aldehydes is 1. The highest BCUT2D eigenvalue weighted by molar-refractivity contribution is 5.75. The van der Waals surface area contributed by atoms with Gasteiger partial charge in [-0.3, -0.25) is 9.69 Å². The number of hydrogen-bond acceptors (Lipinski definition) is 5. The number of nitrogens with one attached hydrogen (secondary N) is 1. The average Bonchev–Trinajstić information content (AvgIpc) is 2.76. The molecule has 6 nitrogen and oxygen atoms in total. The van der Waals surface area contributed by atoms with E-state index >= 15 is 0 Å². The van der Waals surface area contributed by atoms with Crippen LogP contribution in [0.2, 0.25) is 0 Å². The van der Waals surface area contributed by atoms with Gasteiger partial charge >= 0.3 is 0 Å². The molecule has 1 aromatic rings. The van der Waals surface area contributed by atoms with Crippen molar-refractivity contribution in [2.24, 2.45) is 0 Å². The third kappa shape index (κ3) is 2.26. The second-order valence-electron chi connectivity index (χ2n) is 4.59. The molecule has 0 unspecified atom stereocenters. The molecule has 0 aromatic carbocycles. The summed E-state index contributed by atoms with van der Waals surface area (Å²) in [5.74, 6) is 0. The smallest absolute Gasteiger partial charge is 0.170 e. The van der Waals surface area contributed by atoms with E-state index in [4.69, 9.17) is 0 Å². The van der Waals surface area contributed by atoms with E-state index in [1.165, 1.54) is 0 Å². The van der Waals surface area contributed by atoms with Crippen LogP contribution < -0.4 is 10.5 Å². The Kier molecular flexibility index (Phi) is 3.98. The molecule has 0 bridgehead atoms.